The number of hydrogen-bond acceptors (Lipinski definition) is 2. The average Bonchev–Trinajstić information content (AvgIpc) is 2.14. The van der Waals surface area contributed by atoms with Gasteiger partial charge in [-0.3, -0.25) is 5.32 Å². The zero-order chi connectivity index (χ0) is 5.98. The van der Waals surface area contributed by atoms with E-state index < -0.39 is 6.09 Å². The first-order chi connectivity index (χ1) is 3.83. The van der Waals surface area contributed by atoms with Crippen molar-refractivity contribution in [3.8, 4) is 0 Å². The molecule has 42 valence electrons. The lowest BCUT2D eigenvalue weighted by atomic mass is 10.5. The van der Waals surface area contributed by atoms with Gasteiger partial charge in [0.1, 0.15) is 12.3 Å². The third-order valence-electron chi connectivity index (χ3n) is 0.814. The first kappa shape index (κ1) is 4.94. The molecule has 0 radical (unpaired) electrons. The average molecular weight is 111 g/mol. The largest absolute Gasteiger partial charge is 0.442 e. The SMILES string of the molecule is C=C=C1COC(=O)N1. The Bertz CT molecular complexity index is 167. The number of carbonyl (C=O) groups excluding carboxylic acids is 1. The number of amides is 1. The first-order valence-corrected chi connectivity index (χ1v) is 2.15. The van der Waals surface area contributed by atoms with E-state index in [0.717, 1.165) is 0 Å². The van der Waals surface area contributed by atoms with Gasteiger partial charge in [-0.1, -0.05) is 6.58 Å². The highest BCUT2D eigenvalue weighted by Crippen LogP contribution is 1.96. The molecule has 1 aliphatic heterocycles. The molecule has 1 heterocycles. The molecule has 0 atom stereocenters. The molecule has 1 N–H and O–H groups in total. The maximum absolute atomic E-state index is 10.2. The minimum Gasteiger partial charge on any atom is -0.442 e. The van der Waals surface area contributed by atoms with Gasteiger partial charge >= 0.3 is 6.09 Å². The van der Waals surface area contributed by atoms with E-state index in [4.69, 9.17) is 0 Å². The van der Waals surface area contributed by atoms with Crippen molar-refractivity contribution < 1.29 is 9.53 Å². The van der Waals surface area contributed by atoms with Gasteiger partial charge in [-0.15, -0.1) is 5.73 Å². The van der Waals surface area contributed by atoms with Gasteiger partial charge in [0.15, 0.2) is 0 Å². The molecule has 1 fully saturated rings. The summed E-state index contributed by atoms with van der Waals surface area (Å²) in [7, 11) is 0. The number of cyclic esters (lactones) is 1. The second kappa shape index (κ2) is 1.72. The minimum absolute atomic E-state index is 0.280. The lowest BCUT2D eigenvalue weighted by Gasteiger charge is -1.80. The molecule has 0 bridgehead atoms. The van der Waals surface area contributed by atoms with Crippen molar-refractivity contribution in [1.82, 2.24) is 5.32 Å². The second-order valence-electron chi connectivity index (χ2n) is 1.36. The number of nitrogens with one attached hydrogen (secondary N) is 1. The highest BCUT2D eigenvalue weighted by atomic mass is 16.6. The number of hydrogen-bond donors (Lipinski definition) is 1. The van der Waals surface area contributed by atoms with Crippen LogP contribution in [0.15, 0.2) is 18.0 Å². The zero-order valence-corrected chi connectivity index (χ0v) is 4.23. The molecule has 3 nitrogen and oxygen atoms in total. The summed E-state index contributed by atoms with van der Waals surface area (Å²) in [6, 6.07) is 0. The quantitative estimate of drug-likeness (QED) is 0.459. The molecule has 0 aliphatic carbocycles. The molecular weight excluding hydrogens is 106 g/mol. The van der Waals surface area contributed by atoms with Crippen molar-refractivity contribution in [2.24, 2.45) is 0 Å². The molecule has 0 aromatic heterocycles. The standard InChI is InChI=1S/C5H5NO2/c1-2-4-3-8-5(7)6-4/h1,3H2,(H,6,7). The third kappa shape index (κ3) is 0.718. The lowest BCUT2D eigenvalue weighted by molar-refractivity contribution is 0.179. The summed E-state index contributed by atoms with van der Waals surface area (Å²) in [6.07, 6.45) is -0.420. The Morgan fingerprint density at radius 1 is 1.88 bits per heavy atom. The molecule has 1 saturated heterocycles. The predicted octanol–water partition coefficient (Wildman–Crippen LogP) is 0.395. The van der Waals surface area contributed by atoms with E-state index in [1.165, 1.54) is 0 Å². The van der Waals surface area contributed by atoms with Crippen molar-refractivity contribution >= 4 is 6.09 Å². The van der Waals surface area contributed by atoms with Crippen LogP contribution in [0.5, 0.6) is 0 Å². The minimum atomic E-state index is -0.420. The van der Waals surface area contributed by atoms with Crippen LogP contribution in [0.4, 0.5) is 4.79 Å². The monoisotopic (exact) mass is 111 g/mol. The maximum Gasteiger partial charge on any atom is 0.412 e. The summed E-state index contributed by atoms with van der Waals surface area (Å²) < 4.78 is 4.47. The fourth-order valence-electron chi connectivity index (χ4n) is 0.428. The number of alkyl carbamates (subject to hydrolysis) is 1. The van der Waals surface area contributed by atoms with Gasteiger partial charge in [-0.25, -0.2) is 4.79 Å². The van der Waals surface area contributed by atoms with Gasteiger partial charge in [0, 0.05) is 0 Å². The number of carbonyl (C=O) groups is 1. The molecule has 0 saturated carbocycles. The van der Waals surface area contributed by atoms with Gasteiger partial charge in [0.2, 0.25) is 0 Å². The van der Waals surface area contributed by atoms with Gasteiger partial charge in [-0.05, 0) is 0 Å². The summed E-state index contributed by atoms with van der Waals surface area (Å²) in [5.41, 5.74) is 3.11. The lowest BCUT2D eigenvalue weighted by Crippen LogP contribution is -2.10. The first-order valence-electron chi connectivity index (χ1n) is 2.15. The van der Waals surface area contributed by atoms with E-state index >= 15 is 0 Å². The van der Waals surface area contributed by atoms with Gasteiger partial charge in [0.05, 0.1) is 0 Å². The van der Waals surface area contributed by atoms with Gasteiger partial charge < -0.3 is 4.74 Å². The van der Waals surface area contributed by atoms with Crippen LogP contribution < -0.4 is 5.32 Å². The molecule has 0 aromatic carbocycles. The molecule has 1 amide bonds. The molecule has 1 rings (SSSR count). The van der Waals surface area contributed by atoms with Crippen molar-refractivity contribution in [1.29, 1.82) is 0 Å². The fraction of sp³-hybridized carbons (Fsp3) is 0.200. The van der Waals surface area contributed by atoms with Crippen LogP contribution in [0, 0.1) is 0 Å². The molecular formula is C5H5NO2. The van der Waals surface area contributed by atoms with E-state index in [-0.39, 0.29) is 6.61 Å². The normalized spacial score (nSPS) is 17.0. The molecule has 0 unspecified atom stereocenters. The Hall–Kier alpha value is -1.21. The maximum atomic E-state index is 10.2. The van der Waals surface area contributed by atoms with Crippen molar-refractivity contribution in [3.05, 3.63) is 18.0 Å². The van der Waals surface area contributed by atoms with Gasteiger partial charge in [-0.2, -0.15) is 0 Å². The highest BCUT2D eigenvalue weighted by Gasteiger charge is 2.13. The van der Waals surface area contributed by atoms with E-state index in [1.54, 1.807) is 0 Å². The summed E-state index contributed by atoms with van der Waals surface area (Å²) in [6.45, 7) is 3.60. The molecule has 0 spiro atoms. The van der Waals surface area contributed by atoms with Crippen molar-refractivity contribution in [2.75, 3.05) is 6.61 Å². The van der Waals surface area contributed by atoms with E-state index in [1.807, 2.05) is 0 Å². The van der Waals surface area contributed by atoms with E-state index in [0.29, 0.717) is 5.70 Å². The van der Waals surface area contributed by atoms with Crippen LogP contribution in [-0.2, 0) is 4.74 Å². The van der Waals surface area contributed by atoms with Crippen molar-refractivity contribution in [3.63, 3.8) is 0 Å². The van der Waals surface area contributed by atoms with Crippen LogP contribution >= 0.6 is 0 Å². The summed E-state index contributed by atoms with van der Waals surface area (Å²) in [5.74, 6) is 0. The Morgan fingerprint density at radius 3 is 2.88 bits per heavy atom. The molecule has 1 aliphatic rings. The van der Waals surface area contributed by atoms with E-state index in [9.17, 15) is 4.79 Å². The fourth-order valence-corrected chi connectivity index (χ4v) is 0.428. The Labute approximate surface area is 46.6 Å². The Morgan fingerprint density at radius 2 is 2.62 bits per heavy atom. The van der Waals surface area contributed by atoms with Crippen LogP contribution in [0.2, 0.25) is 0 Å². The Kier molecular flexibility index (Phi) is 1.06. The smallest absolute Gasteiger partial charge is 0.412 e. The van der Waals surface area contributed by atoms with E-state index in [2.05, 4.69) is 22.4 Å². The zero-order valence-electron chi connectivity index (χ0n) is 4.23. The van der Waals surface area contributed by atoms with Crippen molar-refractivity contribution in [2.45, 2.75) is 0 Å². The molecule has 3 heteroatoms. The topological polar surface area (TPSA) is 38.3 Å². The molecule has 8 heavy (non-hydrogen) atoms. The van der Waals surface area contributed by atoms with Crippen LogP contribution in [0.25, 0.3) is 0 Å². The summed E-state index contributed by atoms with van der Waals surface area (Å²) >= 11 is 0. The van der Waals surface area contributed by atoms with Crippen LogP contribution in [0.3, 0.4) is 0 Å². The second-order valence-corrected chi connectivity index (χ2v) is 1.36. The summed E-state index contributed by atoms with van der Waals surface area (Å²) in [4.78, 5) is 10.2. The molecule has 0 aromatic rings. The van der Waals surface area contributed by atoms with Crippen LogP contribution in [-0.4, -0.2) is 12.7 Å². The third-order valence-corrected chi connectivity index (χ3v) is 0.814. The highest BCUT2D eigenvalue weighted by molar-refractivity contribution is 5.72. The number of ether oxygens (including phenoxy) is 1. The number of rotatable bonds is 0. The summed E-state index contributed by atoms with van der Waals surface area (Å²) in [5, 5.41) is 2.39. The predicted molar refractivity (Wildman–Crippen MR) is 27.1 cm³/mol. The van der Waals surface area contributed by atoms with Crippen LogP contribution in [0.1, 0.15) is 0 Å². The van der Waals surface area contributed by atoms with Gasteiger partial charge in [0.25, 0.3) is 0 Å². The Balaban J connectivity index is 2.70.